The Bertz CT molecular complexity index is 286. The molecule has 1 heterocycles. The SMILES string of the molecule is CCCC1(C(=O)O)CCCN1CCC1CCCC1. The molecule has 104 valence electrons. The minimum atomic E-state index is -0.590. The van der Waals surface area contributed by atoms with E-state index in [4.69, 9.17) is 0 Å². The summed E-state index contributed by atoms with van der Waals surface area (Å²) in [6.07, 6.45) is 10.4. The van der Waals surface area contributed by atoms with Crippen molar-refractivity contribution in [2.45, 2.75) is 70.3 Å². The lowest BCUT2D eigenvalue weighted by Crippen LogP contribution is -2.50. The topological polar surface area (TPSA) is 40.5 Å². The number of nitrogens with zero attached hydrogens (tertiary/aromatic N) is 1. The van der Waals surface area contributed by atoms with Crippen molar-refractivity contribution in [1.29, 1.82) is 0 Å². The summed E-state index contributed by atoms with van der Waals surface area (Å²) in [4.78, 5) is 14.0. The lowest BCUT2D eigenvalue weighted by Gasteiger charge is -2.35. The molecule has 2 fully saturated rings. The van der Waals surface area contributed by atoms with Crippen LogP contribution in [-0.2, 0) is 4.79 Å². The van der Waals surface area contributed by atoms with Crippen molar-refractivity contribution in [3.8, 4) is 0 Å². The summed E-state index contributed by atoms with van der Waals surface area (Å²) in [5.74, 6) is 0.270. The highest BCUT2D eigenvalue weighted by molar-refractivity contribution is 5.79. The quantitative estimate of drug-likeness (QED) is 0.789. The maximum absolute atomic E-state index is 11.7. The summed E-state index contributed by atoms with van der Waals surface area (Å²) in [6.45, 7) is 4.08. The van der Waals surface area contributed by atoms with Gasteiger partial charge in [0.2, 0.25) is 0 Å². The Morgan fingerprint density at radius 2 is 2.06 bits per heavy atom. The highest BCUT2D eigenvalue weighted by Gasteiger charge is 2.46. The molecule has 3 heteroatoms. The second kappa shape index (κ2) is 6.05. The molecular weight excluding hydrogens is 226 g/mol. The van der Waals surface area contributed by atoms with E-state index in [2.05, 4.69) is 11.8 Å². The van der Waals surface area contributed by atoms with Crippen molar-refractivity contribution in [3.05, 3.63) is 0 Å². The van der Waals surface area contributed by atoms with Crippen molar-refractivity contribution >= 4 is 5.97 Å². The van der Waals surface area contributed by atoms with Gasteiger partial charge in [-0.05, 0) is 44.7 Å². The van der Waals surface area contributed by atoms with Gasteiger partial charge < -0.3 is 5.11 Å². The number of rotatable bonds is 6. The third kappa shape index (κ3) is 2.71. The van der Waals surface area contributed by atoms with Crippen molar-refractivity contribution in [2.75, 3.05) is 13.1 Å². The first kappa shape index (κ1) is 13.9. The minimum absolute atomic E-state index is 0.534. The number of carboxylic acid groups (broad SMARTS) is 1. The van der Waals surface area contributed by atoms with Crippen LogP contribution in [0.4, 0.5) is 0 Å². The number of carbonyl (C=O) groups is 1. The van der Waals surface area contributed by atoms with E-state index in [-0.39, 0.29) is 0 Å². The highest BCUT2D eigenvalue weighted by Crippen LogP contribution is 2.35. The maximum atomic E-state index is 11.7. The average Bonchev–Trinajstić information content (AvgIpc) is 2.96. The lowest BCUT2D eigenvalue weighted by atomic mass is 9.90. The summed E-state index contributed by atoms with van der Waals surface area (Å²) < 4.78 is 0. The molecular formula is C15H27NO2. The van der Waals surface area contributed by atoms with Crippen LogP contribution in [-0.4, -0.2) is 34.6 Å². The number of hydrogen-bond donors (Lipinski definition) is 1. The van der Waals surface area contributed by atoms with Crippen molar-refractivity contribution < 1.29 is 9.90 Å². The molecule has 1 saturated carbocycles. The predicted molar refractivity (Wildman–Crippen MR) is 72.7 cm³/mol. The van der Waals surface area contributed by atoms with E-state index >= 15 is 0 Å². The second-order valence-electron chi connectivity index (χ2n) is 6.12. The molecule has 0 aromatic rings. The monoisotopic (exact) mass is 253 g/mol. The fourth-order valence-corrected chi connectivity index (χ4v) is 3.94. The van der Waals surface area contributed by atoms with Gasteiger partial charge in [-0.2, -0.15) is 0 Å². The molecule has 1 unspecified atom stereocenters. The zero-order valence-corrected chi connectivity index (χ0v) is 11.7. The Balaban J connectivity index is 1.93. The molecule has 0 aromatic heterocycles. The van der Waals surface area contributed by atoms with Crippen LogP contribution in [0.15, 0.2) is 0 Å². The van der Waals surface area contributed by atoms with Crippen molar-refractivity contribution in [1.82, 2.24) is 4.90 Å². The number of hydrogen-bond acceptors (Lipinski definition) is 2. The Morgan fingerprint density at radius 1 is 1.33 bits per heavy atom. The van der Waals surface area contributed by atoms with E-state index < -0.39 is 11.5 Å². The average molecular weight is 253 g/mol. The fourth-order valence-electron chi connectivity index (χ4n) is 3.94. The van der Waals surface area contributed by atoms with Gasteiger partial charge in [0.1, 0.15) is 5.54 Å². The van der Waals surface area contributed by atoms with Crippen LogP contribution in [0, 0.1) is 5.92 Å². The molecule has 1 N–H and O–H groups in total. The van der Waals surface area contributed by atoms with E-state index in [9.17, 15) is 9.90 Å². The molecule has 18 heavy (non-hydrogen) atoms. The first-order chi connectivity index (χ1) is 8.69. The maximum Gasteiger partial charge on any atom is 0.324 e. The summed E-state index contributed by atoms with van der Waals surface area (Å²) in [5.41, 5.74) is -0.534. The van der Waals surface area contributed by atoms with Crippen LogP contribution >= 0.6 is 0 Å². The zero-order chi connectivity index (χ0) is 13.0. The molecule has 0 amide bonds. The normalized spacial score (nSPS) is 30.1. The fraction of sp³-hybridized carbons (Fsp3) is 0.933. The second-order valence-corrected chi connectivity index (χ2v) is 6.12. The van der Waals surface area contributed by atoms with Crippen LogP contribution in [0.3, 0.4) is 0 Å². The molecule has 2 aliphatic rings. The van der Waals surface area contributed by atoms with E-state index in [0.717, 1.165) is 44.7 Å². The van der Waals surface area contributed by atoms with Gasteiger partial charge in [-0.25, -0.2) is 0 Å². The lowest BCUT2D eigenvalue weighted by molar-refractivity contribution is -0.150. The van der Waals surface area contributed by atoms with Crippen molar-refractivity contribution in [2.24, 2.45) is 5.92 Å². The minimum Gasteiger partial charge on any atom is -0.480 e. The molecule has 0 radical (unpaired) electrons. The number of likely N-dealkylation sites (tertiary alicyclic amines) is 1. The predicted octanol–water partition coefficient (Wildman–Crippen LogP) is 3.29. The Hall–Kier alpha value is -0.570. The van der Waals surface area contributed by atoms with Crippen LogP contribution in [0.1, 0.15) is 64.7 Å². The number of carboxylic acids is 1. The Morgan fingerprint density at radius 3 is 2.67 bits per heavy atom. The molecule has 1 saturated heterocycles. The summed E-state index contributed by atoms with van der Waals surface area (Å²) in [5, 5.41) is 9.62. The van der Waals surface area contributed by atoms with Gasteiger partial charge >= 0.3 is 5.97 Å². The van der Waals surface area contributed by atoms with Gasteiger partial charge in [0.15, 0.2) is 0 Å². The zero-order valence-electron chi connectivity index (χ0n) is 11.7. The van der Waals surface area contributed by atoms with E-state index in [1.54, 1.807) is 0 Å². The largest absolute Gasteiger partial charge is 0.480 e. The van der Waals surface area contributed by atoms with Gasteiger partial charge in [0.05, 0.1) is 0 Å². The van der Waals surface area contributed by atoms with Crippen molar-refractivity contribution in [3.63, 3.8) is 0 Å². The van der Waals surface area contributed by atoms with Gasteiger partial charge in [0, 0.05) is 0 Å². The Labute approximate surface area is 111 Å². The van der Waals surface area contributed by atoms with Crippen LogP contribution in [0.5, 0.6) is 0 Å². The summed E-state index contributed by atoms with van der Waals surface area (Å²) >= 11 is 0. The Kier molecular flexibility index (Phi) is 4.66. The standard InChI is InChI=1S/C15H27NO2/c1-2-9-15(14(17)18)10-5-11-16(15)12-8-13-6-3-4-7-13/h13H,2-12H2,1H3,(H,17,18). The molecule has 0 spiro atoms. The first-order valence-corrected chi connectivity index (χ1v) is 7.67. The first-order valence-electron chi connectivity index (χ1n) is 7.67. The highest BCUT2D eigenvalue weighted by atomic mass is 16.4. The molecule has 2 rings (SSSR count). The van der Waals surface area contributed by atoms with Gasteiger partial charge in [-0.15, -0.1) is 0 Å². The molecule has 1 aliphatic carbocycles. The van der Waals surface area contributed by atoms with Crippen LogP contribution in [0.2, 0.25) is 0 Å². The number of aliphatic carboxylic acids is 1. The third-order valence-corrected chi connectivity index (χ3v) is 4.97. The smallest absolute Gasteiger partial charge is 0.324 e. The summed E-state index contributed by atoms with van der Waals surface area (Å²) in [6, 6.07) is 0. The van der Waals surface area contributed by atoms with Gasteiger partial charge in [0.25, 0.3) is 0 Å². The van der Waals surface area contributed by atoms with Crippen LogP contribution < -0.4 is 0 Å². The van der Waals surface area contributed by atoms with E-state index in [0.29, 0.717) is 0 Å². The van der Waals surface area contributed by atoms with E-state index in [1.165, 1.54) is 32.1 Å². The summed E-state index contributed by atoms with van der Waals surface area (Å²) in [7, 11) is 0. The molecule has 1 atom stereocenters. The molecule has 0 bridgehead atoms. The van der Waals surface area contributed by atoms with E-state index in [1.807, 2.05) is 0 Å². The molecule has 1 aliphatic heterocycles. The third-order valence-electron chi connectivity index (χ3n) is 4.97. The molecule has 3 nitrogen and oxygen atoms in total. The molecule has 0 aromatic carbocycles. The van der Waals surface area contributed by atoms with Gasteiger partial charge in [-0.1, -0.05) is 39.0 Å². The van der Waals surface area contributed by atoms with Crippen LogP contribution in [0.25, 0.3) is 0 Å². The van der Waals surface area contributed by atoms with Gasteiger partial charge in [-0.3, -0.25) is 9.69 Å².